The van der Waals surface area contributed by atoms with Gasteiger partial charge in [0.25, 0.3) is 0 Å². The molecule has 0 aliphatic heterocycles. The van der Waals surface area contributed by atoms with Gasteiger partial charge in [-0.3, -0.25) is 4.79 Å². The number of aromatic nitrogens is 1. The van der Waals surface area contributed by atoms with Crippen LogP contribution < -0.4 is 10.7 Å². The van der Waals surface area contributed by atoms with E-state index in [0.29, 0.717) is 12.8 Å². The molecule has 1 aromatic heterocycles. The Hall–Kier alpha value is -2.51. The lowest BCUT2D eigenvalue weighted by molar-refractivity contribution is 0.0695. The summed E-state index contributed by atoms with van der Waals surface area (Å²) >= 11 is 0. The van der Waals surface area contributed by atoms with E-state index in [0.717, 1.165) is 6.20 Å². The molecule has 22 heavy (non-hydrogen) atoms. The predicted octanol–water partition coefficient (Wildman–Crippen LogP) is 2.49. The van der Waals surface area contributed by atoms with Crippen LogP contribution in [0.4, 0.5) is 18.9 Å². The quantitative estimate of drug-likeness (QED) is 0.854. The topological polar surface area (TPSA) is 71.3 Å². The summed E-state index contributed by atoms with van der Waals surface area (Å²) in [7, 11) is 1.24. The van der Waals surface area contributed by atoms with Crippen molar-refractivity contribution in [1.29, 1.82) is 0 Å². The van der Waals surface area contributed by atoms with E-state index >= 15 is 0 Å². The molecule has 2 aromatic rings. The molecule has 1 heterocycles. The highest BCUT2D eigenvalue weighted by atomic mass is 19.2. The lowest BCUT2D eigenvalue weighted by atomic mass is 10.1. The van der Waals surface area contributed by atoms with Gasteiger partial charge in [0.2, 0.25) is 5.43 Å². The van der Waals surface area contributed by atoms with Crippen LogP contribution in [0.3, 0.4) is 0 Å². The van der Waals surface area contributed by atoms with Gasteiger partial charge < -0.3 is 15.0 Å². The number of nitrogens with one attached hydrogen (secondary N) is 1. The minimum atomic E-state index is -1.70. The van der Waals surface area contributed by atoms with Crippen molar-refractivity contribution in [3.05, 3.63) is 39.4 Å². The molecule has 0 saturated heterocycles. The van der Waals surface area contributed by atoms with Crippen molar-refractivity contribution in [2.45, 2.75) is 18.9 Å². The first-order chi connectivity index (χ1) is 10.4. The molecule has 116 valence electrons. The number of carbonyl (C=O) groups is 1. The average Bonchev–Trinajstić information content (AvgIpc) is 3.30. The maximum atomic E-state index is 14.2. The van der Waals surface area contributed by atoms with E-state index in [9.17, 15) is 22.8 Å². The number of fused-ring (bicyclic) bond motifs is 1. The third-order valence-electron chi connectivity index (χ3n) is 3.72. The third-order valence-corrected chi connectivity index (χ3v) is 3.72. The van der Waals surface area contributed by atoms with E-state index in [1.807, 2.05) is 0 Å². The highest BCUT2D eigenvalue weighted by molar-refractivity contribution is 5.98. The lowest BCUT2D eigenvalue weighted by Gasteiger charge is -2.16. The number of benzene rings is 1. The number of carboxylic acids is 1. The molecule has 0 amide bonds. The molecule has 0 spiro atoms. The molecule has 1 aromatic carbocycles. The summed E-state index contributed by atoms with van der Waals surface area (Å²) in [5.74, 6) is -6.25. The number of nitrogens with zero attached hydrogens (tertiary/aromatic N) is 1. The third kappa shape index (κ3) is 1.87. The zero-order valence-electron chi connectivity index (χ0n) is 11.4. The highest BCUT2D eigenvalue weighted by Gasteiger charge is 2.31. The van der Waals surface area contributed by atoms with Gasteiger partial charge in [-0.25, -0.2) is 18.0 Å². The minimum Gasteiger partial charge on any atom is -0.477 e. The van der Waals surface area contributed by atoms with Crippen LogP contribution in [0.2, 0.25) is 0 Å². The normalized spacial score (nSPS) is 14.4. The van der Waals surface area contributed by atoms with Crippen LogP contribution in [-0.2, 0) is 0 Å². The maximum absolute atomic E-state index is 14.2. The van der Waals surface area contributed by atoms with E-state index < -0.39 is 51.0 Å². The molecule has 0 unspecified atom stereocenters. The standard InChI is InChI=1S/C14H11F3N2O3/c1-18-11-7-12(10(17)8(15)9(11)16)19(5-2-3-5)4-6(13(7)20)14(21)22/h4-5,18H,2-3H2,1H3,(H,21,22). The Morgan fingerprint density at radius 2 is 1.91 bits per heavy atom. The second-order valence-electron chi connectivity index (χ2n) is 5.11. The van der Waals surface area contributed by atoms with E-state index in [4.69, 9.17) is 5.11 Å². The number of pyridine rings is 1. The van der Waals surface area contributed by atoms with Crippen molar-refractivity contribution in [1.82, 2.24) is 4.57 Å². The van der Waals surface area contributed by atoms with Gasteiger partial charge >= 0.3 is 5.97 Å². The Labute approximate surface area is 122 Å². The summed E-state index contributed by atoms with van der Waals surface area (Å²) < 4.78 is 43.0. The van der Waals surface area contributed by atoms with E-state index in [1.165, 1.54) is 11.6 Å². The smallest absolute Gasteiger partial charge is 0.341 e. The van der Waals surface area contributed by atoms with Crippen LogP contribution in [0.5, 0.6) is 0 Å². The maximum Gasteiger partial charge on any atom is 0.341 e. The Bertz CT molecular complexity index is 872. The van der Waals surface area contributed by atoms with Crippen LogP contribution >= 0.6 is 0 Å². The van der Waals surface area contributed by atoms with Crippen LogP contribution in [0, 0.1) is 17.5 Å². The monoisotopic (exact) mass is 312 g/mol. The first-order valence-corrected chi connectivity index (χ1v) is 6.54. The molecular weight excluding hydrogens is 301 g/mol. The minimum absolute atomic E-state index is 0.231. The SMILES string of the molecule is CNc1c(F)c(F)c(F)c2c1c(=O)c(C(=O)O)cn2C1CC1. The van der Waals surface area contributed by atoms with Gasteiger partial charge in [-0.15, -0.1) is 0 Å². The number of carboxylic acid groups (broad SMARTS) is 1. The molecule has 3 rings (SSSR count). The van der Waals surface area contributed by atoms with E-state index in [-0.39, 0.29) is 6.04 Å². The Kier molecular flexibility index (Phi) is 3.12. The molecule has 0 radical (unpaired) electrons. The number of anilines is 1. The van der Waals surface area contributed by atoms with E-state index in [2.05, 4.69) is 5.32 Å². The first kappa shape index (κ1) is 14.4. The summed E-state index contributed by atoms with van der Waals surface area (Å²) in [6.07, 6.45) is 2.28. The fourth-order valence-corrected chi connectivity index (χ4v) is 2.54. The summed E-state index contributed by atoms with van der Waals surface area (Å²) in [6.45, 7) is 0. The van der Waals surface area contributed by atoms with Gasteiger partial charge in [0, 0.05) is 19.3 Å². The molecular formula is C14H11F3N2O3. The summed E-state index contributed by atoms with van der Waals surface area (Å²) in [6, 6.07) is -0.231. The zero-order valence-corrected chi connectivity index (χ0v) is 11.4. The van der Waals surface area contributed by atoms with Crippen molar-refractivity contribution < 1.29 is 23.1 Å². The van der Waals surface area contributed by atoms with Crippen LogP contribution in [0.15, 0.2) is 11.0 Å². The molecule has 0 bridgehead atoms. The van der Waals surface area contributed by atoms with Gasteiger partial charge in [0.05, 0.1) is 16.6 Å². The van der Waals surface area contributed by atoms with E-state index in [1.54, 1.807) is 0 Å². The first-order valence-electron chi connectivity index (χ1n) is 6.54. The van der Waals surface area contributed by atoms with Gasteiger partial charge in [0.1, 0.15) is 5.56 Å². The number of hydrogen-bond donors (Lipinski definition) is 2. The average molecular weight is 312 g/mol. The van der Waals surface area contributed by atoms with Crippen LogP contribution in [0.25, 0.3) is 10.9 Å². The number of hydrogen-bond acceptors (Lipinski definition) is 3. The molecule has 5 nitrogen and oxygen atoms in total. The molecule has 1 fully saturated rings. The van der Waals surface area contributed by atoms with Crippen molar-refractivity contribution in [2.24, 2.45) is 0 Å². The van der Waals surface area contributed by atoms with Crippen molar-refractivity contribution >= 4 is 22.6 Å². The Morgan fingerprint density at radius 3 is 2.41 bits per heavy atom. The fourth-order valence-electron chi connectivity index (χ4n) is 2.54. The van der Waals surface area contributed by atoms with Crippen LogP contribution in [-0.4, -0.2) is 22.7 Å². The Balaban J connectivity index is 2.60. The highest BCUT2D eigenvalue weighted by Crippen LogP contribution is 2.39. The molecule has 8 heteroatoms. The summed E-state index contributed by atoms with van der Waals surface area (Å²) in [5, 5.41) is 10.9. The fraction of sp³-hybridized carbons (Fsp3) is 0.286. The zero-order chi connectivity index (χ0) is 16.2. The summed E-state index contributed by atoms with van der Waals surface area (Å²) in [5.41, 5.74) is -2.62. The van der Waals surface area contributed by atoms with Crippen molar-refractivity contribution in [3.8, 4) is 0 Å². The summed E-state index contributed by atoms with van der Waals surface area (Å²) in [4.78, 5) is 23.5. The number of rotatable bonds is 3. The predicted molar refractivity (Wildman–Crippen MR) is 72.9 cm³/mol. The molecule has 2 N–H and O–H groups in total. The molecule has 0 atom stereocenters. The second kappa shape index (κ2) is 4.75. The van der Waals surface area contributed by atoms with Gasteiger partial charge in [-0.1, -0.05) is 0 Å². The van der Waals surface area contributed by atoms with Crippen LogP contribution in [0.1, 0.15) is 29.2 Å². The van der Waals surface area contributed by atoms with Crippen molar-refractivity contribution in [3.63, 3.8) is 0 Å². The largest absolute Gasteiger partial charge is 0.477 e. The van der Waals surface area contributed by atoms with Gasteiger partial charge in [-0.2, -0.15) is 0 Å². The Morgan fingerprint density at radius 1 is 1.27 bits per heavy atom. The molecule has 1 saturated carbocycles. The number of halogens is 3. The van der Waals surface area contributed by atoms with Gasteiger partial charge in [-0.05, 0) is 12.8 Å². The van der Waals surface area contributed by atoms with Gasteiger partial charge in [0.15, 0.2) is 17.5 Å². The second-order valence-corrected chi connectivity index (χ2v) is 5.11. The number of aromatic carboxylic acids is 1. The molecule has 1 aliphatic rings. The van der Waals surface area contributed by atoms with Crippen molar-refractivity contribution in [2.75, 3.05) is 12.4 Å². The molecule has 1 aliphatic carbocycles. The lowest BCUT2D eigenvalue weighted by Crippen LogP contribution is -2.21.